The maximum Gasteiger partial charge on any atom is 0.397 e. The van der Waals surface area contributed by atoms with Crippen LogP contribution in [0.25, 0.3) is 0 Å². The van der Waals surface area contributed by atoms with Crippen molar-refractivity contribution in [2.24, 2.45) is 0 Å². The van der Waals surface area contributed by atoms with Crippen molar-refractivity contribution in [3.8, 4) is 0 Å². The van der Waals surface area contributed by atoms with Crippen LogP contribution < -0.4 is 0 Å². The number of rotatable bonds is 1. The molecule has 0 aromatic heterocycles. The van der Waals surface area contributed by atoms with Gasteiger partial charge in [0, 0.05) is 25.7 Å². The van der Waals surface area contributed by atoms with Crippen LogP contribution in [0.4, 0.5) is 0 Å². The second kappa shape index (κ2) is 5.11. The molecule has 1 fully saturated rings. The van der Waals surface area contributed by atoms with Crippen molar-refractivity contribution in [1.29, 1.82) is 0 Å². The number of carbonyl (C=O) groups is 2. The van der Waals surface area contributed by atoms with E-state index in [9.17, 15) is 9.59 Å². The summed E-state index contributed by atoms with van der Waals surface area (Å²) in [5.74, 6) is -1.26. The molecule has 0 aromatic rings. The summed E-state index contributed by atoms with van der Waals surface area (Å²) in [5, 5.41) is 0. The summed E-state index contributed by atoms with van der Waals surface area (Å²) < 4.78 is 4.68. The van der Waals surface area contributed by atoms with Gasteiger partial charge in [0.25, 0.3) is 0 Å². The minimum atomic E-state index is -0.741. The molecule has 0 saturated carbocycles. The largest absolute Gasteiger partial charge is 0.459 e. The SMILES string of the molecule is CCOC(=O)C(=O)N1CCN(C)C(C)C1. The van der Waals surface area contributed by atoms with E-state index in [1.165, 1.54) is 0 Å². The number of hydrogen-bond acceptors (Lipinski definition) is 4. The molecular weight excluding hydrogens is 196 g/mol. The van der Waals surface area contributed by atoms with Crippen molar-refractivity contribution in [2.75, 3.05) is 33.3 Å². The highest BCUT2D eigenvalue weighted by Gasteiger charge is 2.28. The lowest BCUT2D eigenvalue weighted by atomic mass is 10.2. The van der Waals surface area contributed by atoms with Gasteiger partial charge in [-0.1, -0.05) is 0 Å². The van der Waals surface area contributed by atoms with E-state index < -0.39 is 11.9 Å². The average molecular weight is 214 g/mol. The number of amides is 1. The van der Waals surface area contributed by atoms with Crippen molar-refractivity contribution >= 4 is 11.9 Å². The van der Waals surface area contributed by atoms with Crippen LogP contribution >= 0.6 is 0 Å². The third-order valence-electron chi connectivity index (χ3n) is 2.70. The first-order valence-electron chi connectivity index (χ1n) is 5.22. The standard InChI is InChI=1S/C10H18N2O3/c1-4-15-10(14)9(13)12-6-5-11(3)8(2)7-12/h8H,4-7H2,1-3H3. The van der Waals surface area contributed by atoms with E-state index in [0.717, 1.165) is 6.54 Å². The van der Waals surface area contributed by atoms with Gasteiger partial charge in [0.1, 0.15) is 0 Å². The van der Waals surface area contributed by atoms with Crippen molar-refractivity contribution in [2.45, 2.75) is 19.9 Å². The van der Waals surface area contributed by atoms with E-state index in [1.54, 1.807) is 11.8 Å². The number of likely N-dealkylation sites (N-methyl/N-ethyl adjacent to an activating group) is 1. The highest BCUT2D eigenvalue weighted by Crippen LogP contribution is 2.07. The second-order valence-electron chi connectivity index (χ2n) is 3.80. The second-order valence-corrected chi connectivity index (χ2v) is 3.80. The summed E-state index contributed by atoms with van der Waals surface area (Å²) in [6.45, 7) is 5.95. The molecule has 0 aliphatic carbocycles. The van der Waals surface area contributed by atoms with Crippen LogP contribution in [0.15, 0.2) is 0 Å². The first-order valence-corrected chi connectivity index (χ1v) is 5.22. The predicted octanol–water partition coefficient (Wildman–Crippen LogP) is -0.288. The molecule has 1 unspecified atom stereocenters. The molecule has 0 N–H and O–H groups in total. The molecular formula is C10H18N2O3. The van der Waals surface area contributed by atoms with Crippen molar-refractivity contribution in [3.63, 3.8) is 0 Å². The van der Waals surface area contributed by atoms with Gasteiger partial charge in [-0.05, 0) is 20.9 Å². The molecule has 5 nitrogen and oxygen atoms in total. The van der Waals surface area contributed by atoms with Gasteiger partial charge < -0.3 is 14.5 Å². The maximum atomic E-state index is 11.6. The Labute approximate surface area is 90.0 Å². The molecule has 1 amide bonds. The molecule has 1 heterocycles. The third-order valence-corrected chi connectivity index (χ3v) is 2.70. The van der Waals surface area contributed by atoms with Gasteiger partial charge in [0.15, 0.2) is 0 Å². The molecule has 1 rings (SSSR count). The molecule has 0 spiro atoms. The zero-order chi connectivity index (χ0) is 11.4. The van der Waals surface area contributed by atoms with E-state index in [0.29, 0.717) is 13.1 Å². The predicted molar refractivity (Wildman–Crippen MR) is 55.3 cm³/mol. The van der Waals surface area contributed by atoms with Gasteiger partial charge in [-0.15, -0.1) is 0 Å². The van der Waals surface area contributed by atoms with Crippen molar-refractivity contribution in [3.05, 3.63) is 0 Å². The number of carbonyl (C=O) groups excluding carboxylic acids is 2. The third kappa shape index (κ3) is 2.92. The molecule has 0 aromatic carbocycles. The molecule has 86 valence electrons. The maximum absolute atomic E-state index is 11.6. The number of piperazine rings is 1. The Morgan fingerprint density at radius 3 is 2.60 bits per heavy atom. The van der Waals surface area contributed by atoms with Gasteiger partial charge in [-0.3, -0.25) is 4.79 Å². The first kappa shape index (κ1) is 12.0. The van der Waals surface area contributed by atoms with Crippen LogP contribution in [-0.4, -0.2) is 61.0 Å². The Morgan fingerprint density at radius 1 is 1.40 bits per heavy atom. The lowest BCUT2D eigenvalue weighted by Gasteiger charge is -2.36. The monoisotopic (exact) mass is 214 g/mol. The Kier molecular flexibility index (Phi) is 4.08. The van der Waals surface area contributed by atoms with Crippen molar-refractivity contribution in [1.82, 2.24) is 9.80 Å². The Hall–Kier alpha value is -1.10. The fourth-order valence-corrected chi connectivity index (χ4v) is 1.55. The lowest BCUT2D eigenvalue weighted by molar-refractivity contribution is -0.161. The Morgan fingerprint density at radius 2 is 2.07 bits per heavy atom. The number of esters is 1. The van der Waals surface area contributed by atoms with Crippen LogP contribution in [-0.2, 0) is 14.3 Å². The van der Waals surface area contributed by atoms with E-state index in [1.807, 2.05) is 14.0 Å². The summed E-state index contributed by atoms with van der Waals surface area (Å²) in [4.78, 5) is 26.5. The molecule has 1 aliphatic heterocycles. The zero-order valence-electron chi connectivity index (χ0n) is 9.52. The molecule has 5 heteroatoms. The van der Waals surface area contributed by atoms with E-state index in [4.69, 9.17) is 0 Å². The Bertz CT molecular complexity index is 255. The summed E-state index contributed by atoms with van der Waals surface area (Å²) in [7, 11) is 2.01. The highest BCUT2D eigenvalue weighted by atomic mass is 16.5. The highest BCUT2D eigenvalue weighted by molar-refractivity contribution is 6.32. The summed E-state index contributed by atoms with van der Waals surface area (Å²) >= 11 is 0. The van der Waals surface area contributed by atoms with Crippen LogP contribution in [0.5, 0.6) is 0 Å². The smallest absolute Gasteiger partial charge is 0.397 e. The molecule has 15 heavy (non-hydrogen) atoms. The minimum Gasteiger partial charge on any atom is -0.459 e. The normalized spacial score (nSPS) is 22.6. The summed E-state index contributed by atoms with van der Waals surface area (Å²) in [5.41, 5.74) is 0. The average Bonchev–Trinajstić information content (AvgIpc) is 2.21. The van der Waals surface area contributed by atoms with Crippen molar-refractivity contribution < 1.29 is 14.3 Å². The fraction of sp³-hybridized carbons (Fsp3) is 0.800. The summed E-state index contributed by atoms with van der Waals surface area (Å²) in [6.07, 6.45) is 0. The van der Waals surface area contributed by atoms with Crippen LogP contribution in [0.2, 0.25) is 0 Å². The number of nitrogens with zero attached hydrogens (tertiary/aromatic N) is 2. The van der Waals surface area contributed by atoms with Gasteiger partial charge in [-0.2, -0.15) is 0 Å². The summed E-state index contributed by atoms with van der Waals surface area (Å²) in [6, 6.07) is 0.289. The molecule has 1 saturated heterocycles. The van der Waals surface area contributed by atoms with Gasteiger partial charge in [-0.25, -0.2) is 4.79 Å². The van der Waals surface area contributed by atoms with E-state index in [-0.39, 0.29) is 12.6 Å². The molecule has 0 radical (unpaired) electrons. The number of hydrogen-bond donors (Lipinski definition) is 0. The number of ether oxygens (including phenoxy) is 1. The van der Waals surface area contributed by atoms with Crippen LogP contribution in [0.3, 0.4) is 0 Å². The lowest BCUT2D eigenvalue weighted by Crippen LogP contribution is -2.53. The Balaban J connectivity index is 2.51. The van der Waals surface area contributed by atoms with Crippen LogP contribution in [0, 0.1) is 0 Å². The molecule has 1 atom stereocenters. The topological polar surface area (TPSA) is 49.9 Å². The zero-order valence-corrected chi connectivity index (χ0v) is 9.52. The van der Waals surface area contributed by atoms with Crippen LogP contribution in [0.1, 0.15) is 13.8 Å². The first-order chi connectivity index (χ1) is 7.06. The fourth-order valence-electron chi connectivity index (χ4n) is 1.55. The molecule has 1 aliphatic rings. The molecule has 0 bridgehead atoms. The van der Waals surface area contributed by atoms with E-state index >= 15 is 0 Å². The van der Waals surface area contributed by atoms with Gasteiger partial charge in [0.05, 0.1) is 6.61 Å². The van der Waals surface area contributed by atoms with Gasteiger partial charge >= 0.3 is 11.9 Å². The van der Waals surface area contributed by atoms with Gasteiger partial charge in [0.2, 0.25) is 0 Å². The quantitative estimate of drug-likeness (QED) is 0.444. The minimum absolute atomic E-state index is 0.244. The van der Waals surface area contributed by atoms with E-state index in [2.05, 4.69) is 9.64 Å².